The van der Waals surface area contributed by atoms with Gasteiger partial charge in [0.05, 0.1) is 5.52 Å². The van der Waals surface area contributed by atoms with E-state index in [2.05, 4.69) is 15.2 Å². The maximum Gasteiger partial charge on any atom is 0.471 e. The quantitative estimate of drug-likeness (QED) is 0.653. The van der Waals surface area contributed by atoms with Gasteiger partial charge in [0, 0.05) is 36.8 Å². The van der Waals surface area contributed by atoms with E-state index in [1.54, 1.807) is 6.20 Å². The molecule has 1 aliphatic rings. The largest absolute Gasteiger partial charge is 0.471 e. The van der Waals surface area contributed by atoms with Crippen LogP contribution >= 0.6 is 0 Å². The molecule has 0 spiro atoms. The molecule has 1 aliphatic heterocycles. The first-order chi connectivity index (χ1) is 14.9. The molecule has 0 saturated carbocycles. The Hall–Kier alpha value is -2.93. The minimum absolute atomic E-state index is 0.0154. The zero-order valence-electron chi connectivity index (χ0n) is 17.0. The first-order valence-electron chi connectivity index (χ1n) is 10.4. The molecule has 31 heavy (non-hydrogen) atoms. The first kappa shape index (κ1) is 21.3. The molecule has 3 aromatic rings. The van der Waals surface area contributed by atoms with Gasteiger partial charge in [0.25, 0.3) is 0 Å². The summed E-state index contributed by atoms with van der Waals surface area (Å²) in [6.07, 6.45) is -1.40. The van der Waals surface area contributed by atoms with Gasteiger partial charge >= 0.3 is 12.1 Å². The average molecular weight is 427 g/mol. The van der Waals surface area contributed by atoms with Gasteiger partial charge < -0.3 is 5.32 Å². The number of aromatic nitrogens is 1. The maximum atomic E-state index is 12.7. The summed E-state index contributed by atoms with van der Waals surface area (Å²) in [7, 11) is 0. The number of pyridine rings is 1. The third-order valence-corrected chi connectivity index (χ3v) is 5.86. The third-order valence-electron chi connectivity index (χ3n) is 5.86. The van der Waals surface area contributed by atoms with Gasteiger partial charge in [-0.1, -0.05) is 48.5 Å². The molecule has 1 fully saturated rings. The van der Waals surface area contributed by atoms with E-state index in [1.807, 2.05) is 60.7 Å². The summed E-state index contributed by atoms with van der Waals surface area (Å²) in [4.78, 5) is 18.2. The molecule has 1 saturated heterocycles. The number of likely N-dealkylation sites (tertiary alicyclic amines) is 1. The van der Waals surface area contributed by atoms with Gasteiger partial charge in [0.2, 0.25) is 0 Å². The van der Waals surface area contributed by atoms with Crippen molar-refractivity contribution in [2.75, 3.05) is 6.54 Å². The van der Waals surface area contributed by atoms with Crippen molar-refractivity contribution in [3.63, 3.8) is 0 Å². The van der Waals surface area contributed by atoms with Crippen LogP contribution in [0.15, 0.2) is 66.9 Å². The maximum absolute atomic E-state index is 12.7. The van der Waals surface area contributed by atoms with Crippen LogP contribution in [0.4, 0.5) is 13.2 Å². The number of carbonyl (C=O) groups is 1. The van der Waals surface area contributed by atoms with Gasteiger partial charge in [-0.25, -0.2) is 0 Å². The number of rotatable bonds is 5. The van der Waals surface area contributed by atoms with Crippen molar-refractivity contribution in [2.24, 2.45) is 0 Å². The molecule has 0 radical (unpaired) electrons. The van der Waals surface area contributed by atoms with Crippen molar-refractivity contribution in [3.8, 4) is 0 Å². The summed E-state index contributed by atoms with van der Waals surface area (Å²) in [6, 6.07) is 19.4. The summed E-state index contributed by atoms with van der Waals surface area (Å²) in [5.41, 5.74) is 3.19. The van der Waals surface area contributed by atoms with E-state index >= 15 is 0 Å². The molecule has 2 atom stereocenters. The number of nitrogens with one attached hydrogen (secondary N) is 1. The fourth-order valence-electron chi connectivity index (χ4n) is 4.32. The topological polar surface area (TPSA) is 45.2 Å². The van der Waals surface area contributed by atoms with Crippen LogP contribution in [0, 0.1) is 0 Å². The zero-order chi connectivity index (χ0) is 21.8. The molecule has 0 aliphatic carbocycles. The summed E-state index contributed by atoms with van der Waals surface area (Å²) >= 11 is 0. The third kappa shape index (κ3) is 5.22. The minimum Gasteiger partial charge on any atom is -0.345 e. The van der Waals surface area contributed by atoms with E-state index in [1.165, 1.54) is 0 Å². The number of fused-ring (bicyclic) bond motifs is 1. The van der Waals surface area contributed by atoms with Crippen LogP contribution in [-0.4, -0.2) is 40.6 Å². The fraction of sp³-hybridized carbons (Fsp3) is 0.333. The van der Waals surface area contributed by atoms with Crippen molar-refractivity contribution in [1.82, 2.24) is 15.2 Å². The molecule has 4 rings (SSSR count). The van der Waals surface area contributed by atoms with Gasteiger partial charge in [-0.05, 0) is 42.5 Å². The molecule has 2 heterocycles. The molecule has 0 unspecified atom stereocenters. The molecule has 0 bridgehead atoms. The molecule has 162 valence electrons. The van der Waals surface area contributed by atoms with Crippen molar-refractivity contribution in [3.05, 3.63) is 78.0 Å². The van der Waals surface area contributed by atoms with Gasteiger partial charge in [0.15, 0.2) is 0 Å². The number of hydrogen-bond acceptors (Lipinski definition) is 3. The number of halogens is 3. The number of benzene rings is 2. The molecule has 4 nitrogen and oxygen atoms in total. The molecule has 1 N–H and O–H groups in total. The van der Waals surface area contributed by atoms with Crippen molar-refractivity contribution < 1.29 is 18.0 Å². The van der Waals surface area contributed by atoms with E-state index in [4.69, 9.17) is 0 Å². The molecular weight excluding hydrogens is 403 g/mol. The number of amides is 1. The lowest BCUT2D eigenvalue weighted by Crippen LogP contribution is -2.52. The fourth-order valence-corrected chi connectivity index (χ4v) is 4.32. The molecule has 2 aromatic carbocycles. The van der Waals surface area contributed by atoms with Crippen molar-refractivity contribution in [1.29, 1.82) is 0 Å². The Bertz CT molecular complexity index is 1030. The number of carbonyl (C=O) groups excluding carboxylic acids is 1. The number of para-hydroxylation sites is 1. The first-order valence-corrected chi connectivity index (χ1v) is 10.4. The van der Waals surface area contributed by atoms with E-state index < -0.39 is 18.1 Å². The highest BCUT2D eigenvalue weighted by molar-refractivity contribution is 5.82. The van der Waals surface area contributed by atoms with Crippen LogP contribution in [0.1, 0.15) is 24.0 Å². The molecular formula is C24H24F3N3O. The second kappa shape index (κ2) is 9.06. The number of nitrogens with zero attached hydrogens (tertiary/aromatic N) is 2. The van der Waals surface area contributed by atoms with Gasteiger partial charge in [-0.3, -0.25) is 14.7 Å². The Kier molecular flexibility index (Phi) is 6.23. The highest BCUT2D eigenvalue weighted by Crippen LogP contribution is 2.26. The minimum atomic E-state index is -4.86. The molecule has 7 heteroatoms. The summed E-state index contributed by atoms with van der Waals surface area (Å²) in [6.45, 7) is 1.29. The van der Waals surface area contributed by atoms with E-state index in [-0.39, 0.29) is 6.04 Å². The predicted octanol–water partition coefficient (Wildman–Crippen LogP) is 4.49. The number of piperidine rings is 1. The Morgan fingerprint density at radius 3 is 2.58 bits per heavy atom. The van der Waals surface area contributed by atoms with Crippen LogP contribution in [0.5, 0.6) is 0 Å². The van der Waals surface area contributed by atoms with E-state index in [0.717, 1.165) is 22.0 Å². The number of alkyl halides is 3. The number of hydrogen-bond donors (Lipinski definition) is 1. The van der Waals surface area contributed by atoms with Crippen molar-refractivity contribution in [2.45, 2.75) is 44.1 Å². The predicted molar refractivity (Wildman–Crippen MR) is 113 cm³/mol. The summed E-state index contributed by atoms with van der Waals surface area (Å²) in [5.74, 6) is -1.86. The van der Waals surface area contributed by atoms with E-state index in [0.29, 0.717) is 32.4 Å². The molecule has 1 aromatic heterocycles. The van der Waals surface area contributed by atoms with Crippen LogP contribution in [0.3, 0.4) is 0 Å². The summed E-state index contributed by atoms with van der Waals surface area (Å²) < 4.78 is 38.2. The SMILES string of the molecule is O=C(N[C@H]1CCN(Cc2ccnc3ccccc23)[C@H](Cc2ccccc2)C1)C(F)(F)F. The van der Waals surface area contributed by atoms with Crippen molar-refractivity contribution >= 4 is 16.8 Å². The normalized spacial score (nSPS) is 20.0. The Morgan fingerprint density at radius 1 is 1.06 bits per heavy atom. The van der Waals surface area contributed by atoms with Crippen LogP contribution < -0.4 is 5.32 Å². The van der Waals surface area contributed by atoms with E-state index in [9.17, 15) is 18.0 Å². The van der Waals surface area contributed by atoms with Gasteiger partial charge in [-0.15, -0.1) is 0 Å². The molecule has 1 amide bonds. The second-order valence-corrected chi connectivity index (χ2v) is 7.99. The highest BCUT2D eigenvalue weighted by Gasteiger charge is 2.41. The monoisotopic (exact) mass is 427 g/mol. The lowest BCUT2D eigenvalue weighted by molar-refractivity contribution is -0.174. The average Bonchev–Trinajstić information content (AvgIpc) is 2.76. The highest BCUT2D eigenvalue weighted by atomic mass is 19.4. The Balaban J connectivity index is 1.54. The van der Waals surface area contributed by atoms with Crippen LogP contribution in [0.2, 0.25) is 0 Å². The summed E-state index contributed by atoms with van der Waals surface area (Å²) in [5, 5.41) is 3.27. The van der Waals surface area contributed by atoms with Crippen LogP contribution in [-0.2, 0) is 17.8 Å². The Labute approximate surface area is 179 Å². The smallest absolute Gasteiger partial charge is 0.345 e. The van der Waals surface area contributed by atoms with Gasteiger partial charge in [0.1, 0.15) is 0 Å². The second-order valence-electron chi connectivity index (χ2n) is 7.99. The zero-order valence-corrected chi connectivity index (χ0v) is 17.0. The van der Waals surface area contributed by atoms with Crippen LogP contribution in [0.25, 0.3) is 10.9 Å². The lowest BCUT2D eigenvalue weighted by atomic mass is 9.91. The van der Waals surface area contributed by atoms with Gasteiger partial charge in [-0.2, -0.15) is 13.2 Å². The Morgan fingerprint density at radius 2 is 1.81 bits per heavy atom. The lowest BCUT2D eigenvalue weighted by Gasteiger charge is -2.40. The standard InChI is InChI=1S/C24H24F3N3O/c25-24(26,27)23(31)29-19-11-13-30(20(15-19)14-17-6-2-1-3-7-17)16-18-10-12-28-22-9-5-4-8-21(18)22/h1-10,12,19-20H,11,13-16H2,(H,29,31)/t19-,20+/m0/s1.